The van der Waals surface area contributed by atoms with Gasteiger partial charge in [0.1, 0.15) is 0 Å². The topological polar surface area (TPSA) is 83.8 Å². The van der Waals surface area contributed by atoms with Crippen LogP contribution in [-0.2, 0) is 14.3 Å². The number of carboxylic acid groups (broad SMARTS) is 1. The Morgan fingerprint density at radius 1 is 1.41 bits per heavy atom. The predicted octanol–water partition coefficient (Wildman–Crippen LogP) is 1.19. The number of rotatable bonds is 4. The molecule has 0 saturated heterocycles. The lowest BCUT2D eigenvalue weighted by Gasteiger charge is -2.40. The quantitative estimate of drug-likeness (QED) is 0.726. The fourth-order valence-electron chi connectivity index (χ4n) is 2.74. The van der Waals surface area contributed by atoms with Crippen molar-refractivity contribution in [3.05, 3.63) is 0 Å². The molecule has 1 aliphatic rings. The van der Waals surface area contributed by atoms with Gasteiger partial charge in [-0.1, -0.05) is 6.92 Å². The normalized spacial score (nSPS) is 33.1. The molecule has 17 heavy (non-hydrogen) atoms. The average Bonchev–Trinajstić information content (AvgIpc) is 2.23. The number of hydrogen-bond acceptors (Lipinski definition) is 4. The van der Waals surface area contributed by atoms with Gasteiger partial charge in [-0.25, -0.2) is 0 Å². The first-order valence-electron chi connectivity index (χ1n) is 5.85. The summed E-state index contributed by atoms with van der Waals surface area (Å²) in [5.74, 6) is -1.26. The molecule has 0 aliphatic heterocycles. The molecule has 0 aromatic carbocycles. The first-order valence-corrected chi connectivity index (χ1v) is 5.85. The van der Waals surface area contributed by atoms with Crippen molar-refractivity contribution in [2.24, 2.45) is 11.3 Å². The third-order valence-corrected chi connectivity index (χ3v) is 3.66. The van der Waals surface area contributed by atoms with Crippen molar-refractivity contribution in [1.82, 2.24) is 0 Å². The van der Waals surface area contributed by atoms with E-state index >= 15 is 0 Å². The SMILES string of the molecule is COC(=O)CC1(CC(=O)O)CC[C@@H](O)[C@@H](C)C1. The zero-order valence-corrected chi connectivity index (χ0v) is 10.3. The average molecular weight is 244 g/mol. The molecule has 0 heterocycles. The van der Waals surface area contributed by atoms with E-state index < -0.39 is 17.5 Å². The summed E-state index contributed by atoms with van der Waals surface area (Å²) < 4.78 is 4.63. The van der Waals surface area contributed by atoms with E-state index in [1.807, 2.05) is 6.92 Å². The van der Waals surface area contributed by atoms with Crippen molar-refractivity contribution in [3.8, 4) is 0 Å². The Balaban J connectivity index is 2.79. The van der Waals surface area contributed by atoms with E-state index in [-0.39, 0.29) is 24.7 Å². The van der Waals surface area contributed by atoms with Crippen LogP contribution in [0.5, 0.6) is 0 Å². The standard InChI is InChI=1S/C12H20O5/c1-8-5-12(6-10(14)15,4-3-9(8)13)7-11(16)17-2/h8-9,13H,3-7H2,1-2H3,(H,14,15)/t8-,9+,12?/m0/s1. The Kier molecular flexibility index (Phi) is 4.51. The number of carbonyl (C=O) groups excluding carboxylic acids is 1. The van der Waals surface area contributed by atoms with Crippen molar-refractivity contribution in [2.45, 2.75) is 45.1 Å². The van der Waals surface area contributed by atoms with Crippen LogP contribution < -0.4 is 0 Å². The molecule has 2 N–H and O–H groups in total. The summed E-state index contributed by atoms with van der Waals surface area (Å²) in [4.78, 5) is 22.3. The van der Waals surface area contributed by atoms with Crippen LogP contribution in [0.3, 0.4) is 0 Å². The third-order valence-electron chi connectivity index (χ3n) is 3.66. The molecule has 0 amide bonds. The summed E-state index contributed by atoms with van der Waals surface area (Å²) in [6, 6.07) is 0. The summed E-state index contributed by atoms with van der Waals surface area (Å²) in [7, 11) is 1.30. The number of methoxy groups -OCH3 is 1. The number of aliphatic hydroxyl groups excluding tert-OH is 1. The van der Waals surface area contributed by atoms with Gasteiger partial charge in [0.25, 0.3) is 0 Å². The fraction of sp³-hybridized carbons (Fsp3) is 0.833. The zero-order valence-electron chi connectivity index (χ0n) is 10.3. The molecule has 5 nitrogen and oxygen atoms in total. The van der Waals surface area contributed by atoms with Crippen molar-refractivity contribution >= 4 is 11.9 Å². The van der Waals surface area contributed by atoms with Crippen LogP contribution in [0.2, 0.25) is 0 Å². The highest BCUT2D eigenvalue weighted by Crippen LogP contribution is 2.44. The minimum atomic E-state index is -0.905. The predicted molar refractivity (Wildman–Crippen MR) is 60.3 cm³/mol. The van der Waals surface area contributed by atoms with Gasteiger partial charge in [-0.05, 0) is 30.6 Å². The number of esters is 1. The molecular weight excluding hydrogens is 224 g/mol. The van der Waals surface area contributed by atoms with Gasteiger partial charge in [0.15, 0.2) is 0 Å². The van der Waals surface area contributed by atoms with Crippen LogP contribution in [0.25, 0.3) is 0 Å². The highest BCUT2D eigenvalue weighted by atomic mass is 16.5. The summed E-state index contributed by atoms with van der Waals surface area (Å²) in [5.41, 5.74) is -0.558. The fourth-order valence-corrected chi connectivity index (χ4v) is 2.74. The van der Waals surface area contributed by atoms with E-state index in [0.29, 0.717) is 19.3 Å². The minimum Gasteiger partial charge on any atom is -0.481 e. The number of aliphatic carboxylic acids is 1. The van der Waals surface area contributed by atoms with Gasteiger partial charge < -0.3 is 14.9 Å². The Hall–Kier alpha value is -1.10. The minimum absolute atomic E-state index is 0.0211. The smallest absolute Gasteiger partial charge is 0.306 e. The molecule has 98 valence electrons. The lowest BCUT2D eigenvalue weighted by molar-refractivity contribution is -0.148. The largest absolute Gasteiger partial charge is 0.481 e. The van der Waals surface area contributed by atoms with Crippen molar-refractivity contribution < 1.29 is 24.5 Å². The Morgan fingerprint density at radius 2 is 2.06 bits per heavy atom. The number of hydrogen-bond donors (Lipinski definition) is 2. The monoisotopic (exact) mass is 244 g/mol. The molecule has 0 aromatic heterocycles. The maximum absolute atomic E-state index is 11.4. The van der Waals surface area contributed by atoms with Crippen LogP contribution in [0.1, 0.15) is 39.0 Å². The summed E-state index contributed by atoms with van der Waals surface area (Å²) >= 11 is 0. The van der Waals surface area contributed by atoms with Gasteiger partial charge in [-0.3, -0.25) is 9.59 Å². The molecule has 0 radical (unpaired) electrons. The third kappa shape index (κ3) is 3.70. The van der Waals surface area contributed by atoms with Crippen LogP contribution >= 0.6 is 0 Å². The second-order valence-corrected chi connectivity index (χ2v) is 5.11. The van der Waals surface area contributed by atoms with Gasteiger partial charge in [0.2, 0.25) is 0 Å². The molecular formula is C12H20O5. The molecule has 1 fully saturated rings. The second-order valence-electron chi connectivity index (χ2n) is 5.11. The van der Waals surface area contributed by atoms with Crippen molar-refractivity contribution in [1.29, 1.82) is 0 Å². The maximum atomic E-state index is 11.4. The first kappa shape index (κ1) is 14.0. The molecule has 1 rings (SSSR count). The lowest BCUT2D eigenvalue weighted by Crippen LogP contribution is -2.38. The van der Waals surface area contributed by atoms with E-state index in [2.05, 4.69) is 4.74 Å². The van der Waals surface area contributed by atoms with E-state index in [1.54, 1.807) is 0 Å². The molecule has 1 aliphatic carbocycles. The van der Waals surface area contributed by atoms with Gasteiger partial charge in [-0.15, -0.1) is 0 Å². The van der Waals surface area contributed by atoms with Gasteiger partial charge >= 0.3 is 11.9 Å². The first-order chi connectivity index (χ1) is 7.88. The maximum Gasteiger partial charge on any atom is 0.306 e. The molecule has 3 atom stereocenters. The van der Waals surface area contributed by atoms with Crippen LogP contribution in [0.15, 0.2) is 0 Å². The van der Waals surface area contributed by atoms with E-state index in [9.17, 15) is 14.7 Å². The van der Waals surface area contributed by atoms with E-state index in [0.717, 1.165) is 0 Å². The molecule has 5 heteroatoms. The molecule has 1 unspecified atom stereocenters. The Labute approximate surface area is 101 Å². The highest BCUT2D eigenvalue weighted by molar-refractivity contribution is 5.73. The lowest BCUT2D eigenvalue weighted by atomic mass is 9.65. The number of carbonyl (C=O) groups is 2. The second kappa shape index (κ2) is 5.49. The van der Waals surface area contributed by atoms with Crippen LogP contribution in [-0.4, -0.2) is 35.4 Å². The molecule has 0 spiro atoms. The number of ether oxygens (including phenoxy) is 1. The zero-order chi connectivity index (χ0) is 13.1. The van der Waals surface area contributed by atoms with Gasteiger partial charge in [0, 0.05) is 0 Å². The number of carboxylic acids is 1. The van der Waals surface area contributed by atoms with Crippen LogP contribution in [0.4, 0.5) is 0 Å². The molecule has 0 bridgehead atoms. The van der Waals surface area contributed by atoms with Crippen LogP contribution in [0, 0.1) is 11.3 Å². The Bertz CT molecular complexity index is 301. The van der Waals surface area contributed by atoms with E-state index in [4.69, 9.17) is 5.11 Å². The summed E-state index contributed by atoms with van der Waals surface area (Å²) in [6.07, 6.45) is 1.34. The molecule has 1 saturated carbocycles. The van der Waals surface area contributed by atoms with Crippen molar-refractivity contribution in [3.63, 3.8) is 0 Å². The highest BCUT2D eigenvalue weighted by Gasteiger charge is 2.41. The Morgan fingerprint density at radius 3 is 2.53 bits per heavy atom. The summed E-state index contributed by atoms with van der Waals surface area (Å²) in [6.45, 7) is 1.89. The van der Waals surface area contributed by atoms with Gasteiger partial charge in [-0.2, -0.15) is 0 Å². The van der Waals surface area contributed by atoms with Gasteiger partial charge in [0.05, 0.1) is 26.1 Å². The molecule has 0 aromatic rings. The summed E-state index contributed by atoms with van der Waals surface area (Å²) in [5, 5.41) is 18.6. The number of aliphatic hydroxyl groups is 1. The van der Waals surface area contributed by atoms with E-state index in [1.165, 1.54) is 7.11 Å². The van der Waals surface area contributed by atoms with Crippen molar-refractivity contribution in [2.75, 3.05) is 7.11 Å².